The van der Waals surface area contributed by atoms with Gasteiger partial charge in [-0.2, -0.15) is 33.7 Å². The van der Waals surface area contributed by atoms with Gasteiger partial charge < -0.3 is 56.8 Å². The Balaban J connectivity index is 0.862. The number of rotatable bonds is 48. The lowest BCUT2D eigenvalue weighted by atomic mass is 9.48. The molecule has 0 atom stereocenters. The smallest absolute Gasteiger partial charge is 0.297 e. The van der Waals surface area contributed by atoms with Crippen LogP contribution in [0.5, 0.6) is 23.0 Å². The molecule has 3 aliphatic rings. The third-order valence-electron chi connectivity index (χ3n) is 16.9. The average molecular weight is 1490 g/mol. The SMILES string of the molecule is Cc1ccc(S(=O)(=O)OCCOCCOCCOc2cc3c(cc2OCCOCCOCCOS(=O)(=O)c2ccc(C)cc2)C2(C)c4ccccc4C3(C)c3cc(OCCOCCOCCOS(=O)(=O)c4ccc(C)cc4)c(OCCOCCOCCOS(=O)(=O)c4ccc(C)cc4)cc32)cc1. The van der Waals surface area contributed by atoms with Gasteiger partial charge in [-0.3, -0.25) is 16.7 Å². The molecular weight excluding hydrogens is 1400 g/mol. The van der Waals surface area contributed by atoms with Gasteiger partial charge in [-0.15, -0.1) is 0 Å². The second-order valence-corrected chi connectivity index (χ2v) is 30.6. The zero-order valence-electron chi connectivity index (χ0n) is 58.3. The lowest BCUT2D eigenvalue weighted by molar-refractivity contribution is 0.0252. The first-order valence-electron chi connectivity index (χ1n) is 33.5. The topological polar surface area (TPSA) is 284 Å². The second-order valence-electron chi connectivity index (χ2n) is 24.1. The molecule has 7 aromatic rings. The molecule has 0 N–H and O–H groups in total. The van der Waals surface area contributed by atoms with Gasteiger partial charge in [0.15, 0.2) is 23.0 Å². The van der Waals surface area contributed by atoms with Gasteiger partial charge in [-0.1, -0.05) is 95.1 Å². The van der Waals surface area contributed by atoms with Gasteiger partial charge in [0.05, 0.1) is 152 Å². The fourth-order valence-corrected chi connectivity index (χ4v) is 15.1. The fraction of sp³-hybridized carbons (Fsp3) is 0.432. The summed E-state index contributed by atoms with van der Waals surface area (Å²) in [6.07, 6.45) is 0. The van der Waals surface area contributed by atoms with Gasteiger partial charge in [0.25, 0.3) is 40.5 Å². The predicted molar refractivity (Wildman–Crippen MR) is 376 cm³/mol. The van der Waals surface area contributed by atoms with Crippen LogP contribution in [0.2, 0.25) is 0 Å². The molecule has 28 heteroatoms. The van der Waals surface area contributed by atoms with Crippen molar-refractivity contribution in [1.82, 2.24) is 0 Å². The van der Waals surface area contributed by atoms with Crippen LogP contribution in [0.3, 0.4) is 0 Å². The Morgan fingerprint density at radius 3 is 0.608 bits per heavy atom. The van der Waals surface area contributed by atoms with Crippen molar-refractivity contribution in [2.24, 2.45) is 0 Å². The van der Waals surface area contributed by atoms with E-state index in [2.05, 4.69) is 26.0 Å². The van der Waals surface area contributed by atoms with Gasteiger partial charge >= 0.3 is 0 Å². The fourth-order valence-electron chi connectivity index (χ4n) is 11.5. The Kier molecular flexibility index (Phi) is 29.2. The number of hydrogen-bond donors (Lipinski definition) is 0. The second kappa shape index (κ2) is 37.7. The first-order chi connectivity index (χ1) is 49.0. The van der Waals surface area contributed by atoms with Crippen molar-refractivity contribution in [3.8, 4) is 23.0 Å². The highest BCUT2D eigenvalue weighted by molar-refractivity contribution is 7.87. The molecule has 0 unspecified atom stereocenters. The zero-order chi connectivity index (χ0) is 72.6. The largest absolute Gasteiger partial charge is 0.487 e. The number of hydrogen-bond acceptors (Lipinski definition) is 24. The summed E-state index contributed by atoms with van der Waals surface area (Å²) in [5, 5.41) is 0. The summed E-state index contributed by atoms with van der Waals surface area (Å²) in [5.41, 5.74) is 8.05. The first kappa shape index (κ1) is 79.2. The van der Waals surface area contributed by atoms with Gasteiger partial charge in [-0.25, -0.2) is 0 Å². The molecule has 0 saturated carbocycles. The third-order valence-corrected chi connectivity index (χ3v) is 22.2. The summed E-state index contributed by atoms with van der Waals surface area (Å²) < 4.78 is 194. The van der Waals surface area contributed by atoms with Crippen molar-refractivity contribution in [3.63, 3.8) is 0 Å². The highest BCUT2D eigenvalue weighted by Gasteiger charge is 2.56. The van der Waals surface area contributed by atoms with Gasteiger partial charge in [0.2, 0.25) is 0 Å². The Morgan fingerprint density at radius 1 is 0.235 bits per heavy atom. The highest BCUT2D eigenvalue weighted by atomic mass is 32.2. The quantitative estimate of drug-likeness (QED) is 0.0253. The number of benzene rings is 7. The Hall–Kier alpha value is -6.94. The van der Waals surface area contributed by atoms with Crippen LogP contribution in [0.4, 0.5) is 0 Å². The summed E-state index contributed by atoms with van der Waals surface area (Å²) >= 11 is 0. The molecule has 0 radical (unpaired) electrons. The molecular formula is C74H90O24S4. The standard InChI is InChI=1S/C74H90O24S4/c1-55-11-19-59(20-12-55)99(75,76)95-47-39-87-31-27-83-35-43-91-69-51-65-66(52-70(69)92-44-36-84-28-32-88-40-48-96-100(77,78)60-21-13-56(2)14-22-60)74(6)64-10-8-7-9-63(64)73(65,5)67-53-71(93-45-37-85-29-33-89-41-49-97-101(79,80)61-23-15-57(3)16-24-61)72(54-68(67)74)94-46-38-86-30-34-90-42-50-98-102(81,82)62-25-17-58(4)18-26-62/h7-26,51-54H,27-50H2,1-6H3. The van der Waals surface area contributed by atoms with E-state index in [0.717, 1.165) is 55.6 Å². The Bertz CT molecular complexity index is 3770. The molecule has 0 fully saturated rings. The Labute approximate surface area is 599 Å². The third kappa shape index (κ3) is 21.4. The van der Waals surface area contributed by atoms with Crippen LogP contribution in [-0.4, -0.2) is 192 Å². The van der Waals surface area contributed by atoms with Crippen molar-refractivity contribution >= 4 is 40.5 Å². The van der Waals surface area contributed by atoms with Crippen LogP contribution in [0.15, 0.2) is 165 Å². The average Bonchev–Trinajstić information content (AvgIpc) is 0.663. The van der Waals surface area contributed by atoms with Crippen LogP contribution >= 0.6 is 0 Å². The minimum Gasteiger partial charge on any atom is -0.487 e. The van der Waals surface area contributed by atoms with E-state index in [1.807, 2.05) is 64.1 Å². The molecule has 3 aliphatic carbocycles. The molecule has 0 aliphatic heterocycles. The minimum atomic E-state index is -3.94. The van der Waals surface area contributed by atoms with E-state index in [9.17, 15) is 33.7 Å². The van der Waals surface area contributed by atoms with Crippen molar-refractivity contribution in [2.45, 2.75) is 72.0 Å². The van der Waals surface area contributed by atoms with Crippen molar-refractivity contribution in [1.29, 1.82) is 0 Å². The van der Waals surface area contributed by atoms with Crippen LogP contribution in [0.1, 0.15) is 69.5 Å². The van der Waals surface area contributed by atoms with E-state index in [1.165, 1.54) is 48.5 Å². The molecule has 0 aromatic heterocycles. The van der Waals surface area contributed by atoms with Gasteiger partial charge in [0, 0.05) is 10.8 Å². The molecule has 0 amide bonds. The molecule has 10 rings (SSSR count). The number of ether oxygens (including phenoxy) is 12. The first-order valence-corrected chi connectivity index (χ1v) is 39.1. The van der Waals surface area contributed by atoms with Crippen LogP contribution < -0.4 is 18.9 Å². The van der Waals surface area contributed by atoms with Crippen LogP contribution in [0, 0.1) is 27.7 Å². The molecule has 24 nitrogen and oxygen atoms in total. The normalized spacial score (nSPS) is 15.6. The number of aryl methyl sites for hydroxylation is 4. The highest BCUT2D eigenvalue weighted by Crippen LogP contribution is 2.64. The van der Waals surface area contributed by atoms with E-state index in [0.29, 0.717) is 23.0 Å². The van der Waals surface area contributed by atoms with E-state index in [1.54, 1.807) is 48.5 Å². The van der Waals surface area contributed by atoms with E-state index < -0.39 is 51.3 Å². The van der Waals surface area contributed by atoms with E-state index in [4.69, 9.17) is 73.6 Å². The van der Waals surface area contributed by atoms with Crippen molar-refractivity contribution in [2.75, 3.05) is 159 Å². The molecule has 2 bridgehead atoms. The lowest BCUT2D eigenvalue weighted by Crippen LogP contribution is -2.48. The maximum atomic E-state index is 12.6. The lowest BCUT2D eigenvalue weighted by Gasteiger charge is -2.54. The molecule has 102 heavy (non-hydrogen) atoms. The van der Waals surface area contributed by atoms with Crippen LogP contribution in [-0.2, 0) is 106 Å². The minimum absolute atomic E-state index is 0.0245. The summed E-state index contributed by atoms with van der Waals surface area (Å²) in [7, 11) is -15.8. The van der Waals surface area contributed by atoms with Gasteiger partial charge in [-0.05, 0) is 148 Å². The molecule has 0 heterocycles. The van der Waals surface area contributed by atoms with E-state index >= 15 is 0 Å². The summed E-state index contributed by atoms with van der Waals surface area (Å²) in [6.45, 7) is 13.8. The Morgan fingerprint density at radius 2 is 0.412 bits per heavy atom. The monoisotopic (exact) mass is 1490 g/mol. The van der Waals surface area contributed by atoms with Crippen molar-refractivity contribution < 1.29 is 107 Å². The predicted octanol–water partition coefficient (Wildman–Crippen LogP) is 9.53. The summed E-state index contributed by atoms with van der Waals surface area (Å²) in [4.78, 5) is 0.254. The maximum absolute atomic E-state index is 12.6. The maximum Gasteiger partial charge on any atom is 0.297 e. The van der Waals surface area contributed by atoms with Crippen LogP contribution in [0.25, 0.3) is 0 Å². The molecule has 0 saturated heterocycles. The van der Waals surface area contributed by atoms with E-state index in [-0.39, 0.29) is 178 Å². The molecule has 7 aromatic carbocycles. The van der Waals surface area contributed by atoms with Crippen molar-refractivity contribution in [3.05, 3.63) is 201 Å². The zero-order valence-corrected chi connectivity index (χ0v) is 61.5. The molecule has 0 spiro atoms. The molecule has 554 valence electrons. The van der Waals surface area contributed by atoms with Gasteiger partial charge in [0.1, 0.15) is 26.4 Å². The summed E-state index contributed by atoms with van der Waals surface area (Å²) in [6, 6.07) is 41.9. The summed E-state index contributed by atoms with van der Waals surface area (Å²) in [5.74, 6) is 1.79.